The molecule has 0 radical (unpaired) electrons. The molecule has 17 heavy (non-hydrogen) atoms. The summed E-state index contributed by atoms with van der Waals surface area (Å²) >= 11 is 3.17. The second-order valence-electron chi connectivity index (χ2n) is 3.10. The van der Waals surface area contributed by atoms with Gasteiger partial charge in [0.05, 0.1) is 17.4 Å². The van der Waals surface area contributed by atoms with E-state index in [1.165, 1.54) is 12.1 Å². The third kappa shape index (κ3) is 4.63. The van der Waals surface area contributed by atoms with Crippen molar-refractivity contribution in [2.24, 2.45) is 0 Å². The number of carbonyl (C=O) groups excluding carboxylic acids is 1. The Hall–Kier alpha value is -0.630. The van der Waals surface area contributed by atoms with Crippen molar-refractivity contribution in [3.8, 4) is 0 Å². The number of hydrogen-bond acceptors (Lipinski definition) is 5. The molecule has 1 aromatic rings. The normalized spacial score (nSPS) is 9.29. The number of nitrogens with one attached hydrogen (secondary N) is 1. The summed E-state index contributed by atoms with van der Waals surface area (Å²) in [6, 6.07) is 2.83. The first-order valence-electron chi connectivity index (χ1n) is 4.30. The first-order chi connectivity index (χ1) is 7.41. The van der Waals surface area contributed by atoms with Crippen LogP contribution in [0.15, 0.2) is 16.6 Å². The first-order valence-corrected chi connectivity index (χ1v) is 5.09. The molecule has 0 atom stereocenters. The van der Waals surface area contributed by atoms with Crippen LogP contribution in [0.2, 0.25) is 0 Å². The molecule has 0 spiro atoms. The number of nitrogens with zero attached hydrogens (tertiary/aromatic N) is 1. The Labute approximate surface area is 128 Å². The summed E-state index contributed by atoms with van der Waals surface area (Å²) in [6.45, 7) is 1.28. The molecule has 0 saturated heterocycles. The van der Waals surface area contributed by atoms with E-state index in [-0.39, 0.29) is 40.9 Å². The van der Waals surface area contributed by atoms with Crippen LogP contribution in [0.3, 0.4) is 0 Å². The van der Waals surface area contributed by atoms with Gasteiger partial charge in [0, 0.05) is 10.5 Å². The molecule has 0 saturated carbocycles. The van der Waals surface area contributed by atoms with E-state index in [1.54, 1.807) is 6.92 Å². The van der Waals surface area contributed by atoms with Crippen molar-refractivity contribution in [1.29, 1.82) is 0 Å². The number of benzene rings is 1. The molecule has 0 aliphatic heterocycles. The van der Waals surface area contributed by atoms with Crippen molar-refractivity contribution in [3.05, 3.63) is 32.3 Å². The average Bonchev–Trinajstić information content (AvgIpc) is 2.18. The number of nitro groups is 1. The van der Waals surface area contributed by atoms with Gasteiger partial charge in [-0.05, 0) is 18.6 Å². The van der Waals surface area contributed by atoms with Crippen LogP contribution in [0.5, 0.6) is 0 Å². The predicted molar refractivity (Wildman–Crippen MR) is 59.0 cm³/mol. The standard InChI is InChI=1S/C9H9BrN2O4.Na/c1-5-2-7(11-4-9(13)14)8(12(15)16)3-6(5)10;/h2-3,11H,4H2,1H3,(H,13,14);/q;+1/p-1. The zero-order valence-corrected chi connectivity index (χ0v) is 12.9. The average molecular weight is 311 g/mol. The number of aryl methyl sites for hydroxylation is 1. The first kappa shape index (κ1) is 16.4. The topological polar surface area (TPSA) is 95.3 Å². The van der Waals surface area contributed by atoms with Crippen molar-refractivity contribution in [3.63, 3.8) is 0 Å². The van der Waals surface area contributed by atoms with Crippen molar-refractivity contribution >= 4 is 33.3 Å². The van der Waals surface area contributed by atoms with Gasteiger partial charge in [-0.1, -0.05) is 15.9 Å². The van der Waals surface area contributed by atoms with Crippen molar-refractivity contribution < 1.29 is 44.4 Å². The van der Waals surface area contributed by atoms with Crippen molar-refractivity contribution in [2.45, 2.75) is 6.92 Å². The van der Waals surface area contributed by atoms with E-state index in [9.17, 15) is 20.0 Å². The van der Waals surface area contributed by atoms with Crippen LogP contribution in [0.1, 0.15) is 5.56 Å². The van der Waals surface area contributed by atoms with Gasteiger partial charge in [-0.3, -0.25) is 10.1 Å². The minimum Gasteiger partial charge on any atom is -0.548 e. The van der Waals surface area contributed by atoms with E-state index in [4.69, 9.17) is 0 Å². The van der Waals surface area contributed by atoms with E-state index in [0.717, 1.165) is 5.56 Å². The molecule has 0 fully saturated rings. The molecular weight excluding hydrogens is 303 g/mol. The maximum absolute atomic E-state index is 10.7. The van der Waals surface area contributed by atoms with Crippen molar-refractivity contribution in [2.75, 3.05) is 11.9 Å². The van der Waals surface area contributed by atoms with Crippen LogP contribution in [0.4, 0.5) is 11.4 Å². The Kier molecular flexibility index (Phi) is 6.69. The summed E-state index contributed by atoms with van der Waals surface area (Å²) in [5.74, 6) is -1.32. The van der Waals surface area contributed by atoms with E-state index in [1.807, 2.05) is 0 Å². The van der Waals surface area contributed by atoms with Gasteiger partial charge in [-0.25, -0.2) is 0 Å². The molecular formula is C9H8BrN2NaO4. The molecule has 8 heteroatoms. The molecule has 0 heterocycles. The monoisotopic (exact) mass is 310 g/mol. The quantitative estimate of drug-likeness (QED) is 0.388. The van der Waals surface area contributed by atoms with Gasteiger partial charge in [0.25, 0.3) is 5.69 Å². The van der Waals surface area contributed by atoms with Gasteiger partial charge in [0.1, 0.15) is 5.69 Å². The molecule has 0 amide bonds. The van der Waals surface area contributed by atoms with Gasteiger partial charge in [0.15, 0.2) is 0 Å². The molecule has 0 unspecified atom stereocenters. The number of anilines is 1. The zero-order valence-electron chi connectivity index (χ0n) is 9.32. The second kappa shape index (κ2) is 6.95. The van der Waals surface area contributed by atoms with E-state index in [2.05, 4.69) is 21.2 Å². The molecule has 1 rings (SSSR count). The third-order valence-corrected chi connectivity index (χ3v) is 2.75. The molecule has 0 aliphatic carbocycles. The Balaban J connectivity index is 0.00000256. The number of carbonyl (C=O) groups is 1. The summed E-state index contributed by atoms with van der Waals surface area (Å²) in [6.07, 6.45) is 0. The molecule has 0 aliphatic rings. The number of carboxylic acid groups (broad SMARTS) is 1. The summed E-state index contributed by atoms with van der Waals surface area (Å²) in [7, 11) is 0. The van der Waals surface area contributed by atoms with Gasteiger partial charge in [0.2, 0.25) is 0 Å². The summed E-state index contributed by atoms with van der Waals surface area (Å²) in [5, 5.41) is 23.4. The largest absolute Gasteiger partial charge is 1.00 e. The minimum absolute atomic E-state index is 0. The second-order valence-corrected chi connectivity index (χ2v) is 3.96. The van der Waals surface area contributed by atoms with Crippen LogP contribution < -0.4 is 40.0 Å². The number of aliphatic carboxylic acids is 1. The number of carboxylic acids is 1. The van der Waals surface area contributed by atoms with Gasteiger partial charge < -0.3 is 15.2 Å². The molecule has 1 N–H and O–H groups in total. The fourth-order valence-electron chi connectivity index (χ4n) is 1.13. The van der Waals surface area contributed by atoms with Crippen LogP contribution in [0.25, 0.3) is 0 Å². The number of nitro benzene ring substituents is 1. The van der Waals surface area contributed by atoms with Crippen LogP contribution >= 0.6 is 15.9 Å². The van der Waals surface area contributed by atoms with Crippen LogP contribution in [-0.2, 0) is 4.79 Å². The zero-order chi connectivity index (χ0) is 12.3. The predicted octanol–water partition coefficient (Wildman–Crippen LogP) is -2.17. The Morgan fingerprint density at radius 3 is 2.59 bits per heavy atom. The SMILES string of the molecule is Cc1cc(NCC(=O)[O-])c([N+](=O)[O-])cc1Br.[Na+]. The minimum atomic E-state index is -1.32. The van der Waals surface area contributed by atoms with E-state index in [0.29, 0.717) is 4.47 Å². The summed E-state index contributed by atoms with van der Waals surface area (Å²) in [4.78, 5) is 20.4. The smallest absolute Gasteiger partial charge is 0.548 e. The molecule has 86 valence electrons. The third-order valence-electron chi connectivity index (χ3n) is 1.90. The van der Waals surface area contributed by atoms with E-state index < -0.39 is 17.4 Å². The van der Waals surface area contributed by atoms with Crippen LogP contribution in [0, 0.1) is 17.0 Å². The van der Waals surface area contributed by atoms with Gasteiger partial charge >= 0.3 is 29.6 Å². The van der Waals surface area contributed by atoms with E-state index >= 15 is 0 Å². The summed E-state index contributed by atoms with van der Waals surface area (Å²) in [5.41, 5.74) is 0.750. The number of halogens is 1. The van der Waals surface area contributed by atoms with Crippen LogP contribution in [-0.4, -0.2) is 17.4 Å². The van der Waals surface area contributed by atoms with Gasteiger partial charge in [-0.15, -0.1) is 0 Å². The summed E-state index contributed by atoms with van der Waals surface area (Å²) < 4.78 is 0.596. The van der Waals surface area contributed by atoms with Gasteiger partial charge in [-0.2, -0.15) is 0 Å². The molecule has 0 bridgehead atoms. The Bertz CT molecular complexity index is 453. The molecule has 6 nitrogen and oxygen atoms in total. The van der Waals surface area contributed by atoms with Crippen molar-refractivity contribution in [1.82, 2.24) is 0 Å². The maximum atomic E-state index is 10.7. The Morgan fingerprint density at radius 1 is 1.53 bits per heavy atom. The Morgan fingerprint density at radius 2 is 2.12 bits per heavy atom. The fraction of sp³-hybridized carbons (Fsp3) is 0.222. The number of hydrogen-bond donors (Lipinski definition) is 1. The maximum Gasteiger partial charge on any atom is 1.00 e. The number of rotatable bonds is 4. The molecule has 0 aromatic heterocycles. The molecule has 1 aromatic carbocycles. The fourth-order valence-corrected chi connectivity index (χ4v) is 1.46.